The van der Waals surface area contributed by atoms with Gasteiger partial charge in [0.05, 0.1) is 5.69 Å². The molecular weight excluding hydrogens is 302 g/mol. The standard InChI is InChI=1S/C19H17N3O2/c23-19(16-8-11-20-12-9-16)22-13-15-4-6-18(7-5-15)24-14-17-3-1-2-10-21-17/h1-12H,13-14H2,(H,22,23). The van der Waals surface area contributed by atoms with Crippen LogP contribution in [-0.4, -0.2) is 15.9 Å². The van der Waals surface area contributed by atoms with Gasteiger partial charge in [-0.05, 0) is 42.0 Å². The minimum absolute atomic E-state index is 0.118. The molecule has 5 nitrogen and oxygen atoms in total. The summed E-state index contributed by atoms with van der Waals surface area (Å²) in [5.74, 6) is 0.651. The van der Waals surface area contributed by atoms with Gasteiger partial charge in [0.1, 0.15) is 12.4 Å². The predicted molar refractivity (Wildman–Crippen MR) is 90.4 cm³/mol. The molecular formula is C19H17N3O2. The molecule has 0 radical (unpaired) electrons. The predicted octanol–water partition coefficient (Wildman–Crippen LogP) is 2.99. The number of carbonyl (C=O) groups excluding carboxylic acids is 1. The van der Waals surface area contributed by atoms with E-state index in [0.717, 1.165) is 17.0 Å². The maximum atomic E-state index is 12.0. The summed E-state index contributed by atoms with van der Waals surface area (Å²) < 4.78 is 5.69. The fourth-order valence-corrected chi connectivity index (χ4v) is 2.13. The van der Waals surface area contributed by atoms with Crippen molar-refractivity contribution in [1.29, 1.82) is 0 Å². The van der Waals surface area contributed by atoms with E-state index in [-0.39, 0.29) is 5.91 Å². The van der Waals surface area contributed by atoms with Gasteiger partial charge in [0.15, 0.2) is 0 Å². The molecule has 0 aliphatic rings. The van der Waals surface area contributed by atoms with Crippen LogP contribution in [0.3, 0.4) is 0 Å². The number of amides is 1. The van der Waals surface area contributed by atoms with Crippen LogP contribution in [0.1, 0.15) is 21.6 Å². The van der Waals surface area contributed by atoms with Gasteiger partial charge in [0.2, 0.25) is 0 Å². The van der Waals surface area contributed by atoms with Crippen molar-refractivity contribution in [3.63, 3.8) is 0 Å². The third-order valence-electron chi connectivity index (χ3n) is 3.43. The summed E-state index contributed by atoms with van der Waals surface area (Å²) in [7, 11) is 0. The third kappa shape index (κ3) is 4.39. The number of ether oxygens (including phenoxy) is 1. The van der Waals surface area contributed by atoms with E-state index in [4.69, 9.17) is 4.74 Å². The topological polar surface area (TPSA) is 64.1 Å². The summed E-state index contributed by atoms with van der Waals surface area (Å²) in [6.45, 7) is 0.890. The van der Waals surface area contributed by atoms with Crippen LogP contribution in [0.5, 0.6) is 5.75 Å². The molecule has 0 saturated heterocycles. The van der Waals surface area contributed by atoms with Crippen LogP contribution < -0.4 is 10.1 Å². The number of carbonyl (C=O) groups is 1. The smallest absolute Gasteiger partial charge is 0.251 e. The van der Waals surface area contributed by atoms with Crippen LogP contribution in [-0.2, 0) is 13.2 Å². The van der Waals surface area contributed by atoms with Gasteiger partial charge in [-0.3, -0.25) is 14.8 Å². The quantitative estimate of drug-likeness (QED) is 0.758. The summed E-state index contributed by atoms with van der Waals surface area (Å²) in [6, 6.07) is 16.7. The minimum Gasteiger partial charge on any atom is -0.487 e. The molecule has 2 aromatic heterocycles. The molecule has 24 heavy (non-hydrogen) atoms. The van der Waals surface area contributed by atoms with E-state index < -0.39 is 0 Å². The van der Waals surface area contributed by atoms with E-state index in [2.05, 4.69) is 15.3 Å². The fraction of sp³-hybridized carbons (Fsp3) is 0.105. The van der Waals surface area contributed by atoms with Crippen LogP contribution in [0.2, 0.25) is 0 Å². The van der Waals surface area contributed by atoms with Crippen molar-refractivity contribution in [2.45, 2.75) is 13.2 Å². The molecule has 0 saturated carbocycles. The van der Waals surface area contributed by atoms with E-state index in [9.17, 15) is 4.79 Å². The summed E-state index contributed by atoms with van der Waals surface area (Å²) in [5.41, 5.74) is 2.48. The first kappa shape index (κ1) is 15.7. The van der Waals surface area contributed by atoms with E-state index in [1.165, 1.54) is 0 Å². The van der Waals surface area contributed by atoms with Gasteiger partial charge in [-0.15, -0.1) is 0 Å². The molecule has 5 heteroatoms. The van der Waals surface area contributed by atoms with E-state index >= 15 is 0 Å². The lowest BCUT2D eigenvalue weighted by Gasteiger charge is -2.08. The number of benzene rings is 1. The van der Waals surface area contributed by atoms with E-state index in [1.807, 2.05) is 42.5 Å². The summed E-state index contributed by atoms with van der Waals surface area (Å²) in [4.78, 5) is 20.1. The molecule has 0 spiro atoms. The average Bonchev–Trinajstić information content (AvgIpc) is 2.67. The monoisotopic (exact) mass is 319 g/mol. The first-order chi connectivity index (χ1) is 11.8. The third-order valence-corrected chi connectivity index (χ3v) is 3.43. The number of pyridine rings is 2. The fourth-order valence-electron chi connectivity index (χ4n) is 2.13. The van der Waals surface area contributed by atoms with Crippen molar-refractivity contribution < 1.29 is 9.53 Å². The van der Waals surface area contributed by atoms with Gasteiger partial charge >= 0.3 is 0 Å². The lowest BCUT2D eigenvalue weighted by Crippen LogP contribution is -2.22. The Balaban J connectivity index is 1.50. The van der Waals surface area contributed by atoms with Gasteiger partial charge < -0.3 is 10.1 Å². The van der Waals surface area contributed by atoms with Crippen LogP contribution in [0.4, 0.5) is 0 Å². The molecule has 3 aromatic rings. The highest BCUT2D eigenvalue weighted by Gasteiger charge is 2.04. The molecule has 0 unspecified atom stereocenters. The number of nitrogens with zero attached hydrogens (tertiary/aromatic N) is 2. The number of hydrogen-bond acceptors (Lipinski definition) is 4. The average molecular weight is 319 g/mol. The normalized spacial score (nSPS) is 10.2. The SMILES string of the molecule is O=C(NCc1ccc(OCc2ccccn2)cc1)c1ccncc1. The van der Waals surface area contributed by atoms with Gasteiger partial charge in [-0.25, -0.2) is 0 Å². The Morgan fingerprint density at radius 3 is 2.46 bits per heavy atom. The van der Waals surface area contributed by atoms with Crippen LogP contribution >= 0.6 is 0 Å². The molecule has 0 bridgehead atoms. The highest BCUT2D eigenvalue weighted by molar-refractivity contribution is 5.93. The van der Waals surface area contributed by atoms with Crippen LogP contribution in [0.25, 0.3) is 0 Å². The molecule has 0 atom stereocenters. The zero-order valence-electron chi connectivity index (χ0n) is 13.1. The number of rotatable bonds is 6. The number of aromatic nitrogens is 2. The zero-order chi connectivity index (χ0) is 16.6. The first-order valence-corrected chi connectivity index (χ1v) is 7.61. The Labute approximate surface area is 140 Å². The van der Waals surface area contributed by atoms with E-state index in [1.54, 1.807) is 30.7 Å². The second kappa shape index (κ2) is 7.87. The zero-order valence-corrected chi connectivity index (χ0v) is 13.1. The number of nitrogens with one attached hydrogen (secondary N) is 1. The minimum atomic E-state index is -0.118. The molecule has 2 heterocycles. The van der Waals surface area contributed by atoms with Gasteiger partial charge in [-0.1, -0.05) is 18.2 Å². The first-order valence-electron chi connectivity index (χ1n) is 7.61. The largest absolute Gasteiger partial charge is 0.487 e. The highest BCUT2D eigenvalue weighted by Crippen LogP contribution is 2.13. The molecule has 1 aromatic carbocycles. The Bertz CT molecular complexity index is 775. The molecule has 120 valence electrons. The van der Waals surface area contributed by atoms with Crippen molar-refractivity contribution >= 4 is 5.91 Å². The molecule has 1 amide bonds. The van der Waals surface area contributed by atoms with Gasteiger partial charge in [0, 0.05) is 30.7 Å². The lowest BCUT2D eigenvalue weighted by atomic mass is 10.2. The van der Waals surface area contributed by atoms with Crippen LogP contribution in [0.15, 0.2) is 73.2 Å². The van der Waals surface area contributed by atoms with Crippen molar-refractivity contribution in [3.05, 3.63) is 90.0 Å². The number of hydrogen-bond donors (Lipinski definition) is 1. The van der Waals surface area contributed by atoms with E-state index in [0.29, 0.717) is 18.7 Å². The molecule has 0 aliphatic heterocycles. The second-order valence-corrected chi connectivity index (χ2v) is 5.17. The maximum absolute atomic E-state index is 12.0. The van der Waals surface area contributed by atoms with Crippen molar-refractivity contribution in [1.82, 2.24) is 15.3 Å². The lowest BCUT2D eigenvalue weighted by molar-refractivity contribution is 0.0951. The van der Waals surface area contributed by atoms with Gasteiger partial charge in [-0.2, -0.15) is 0 Å². The van der Waals surface area contributed by atoms with Gasteiger partial charge in [0.25, 0.3) is 5.91 Å². The maximum Gasteiger partial charge on any atom is 0.251 e. The second-order valence-electron chi connectivity index (χ2n) is 5.17. The van der Waals surface area contributed by atoms with Crippen LogP contribution in [0, 0.1) is 0 Å². The summed E-state index contributed by atoms with van der Waals surface area (Å²) in [6.07, 6.45) is 4.94. The van der Waals surface area contributed by atoms with Crippen molar-refractivity contribution in [2.24, 2.45) is 0 Å². The highest BCUT2D eigenvalue weighted by atomic mass is 16.5. The summed E-state index contributed by atoms with van der Waals surface area (Å²) >= 11 is 0. The summed E-state index contributed by atoms with van der Waals surface area (Å²) in [5, 5.41) is 2.88. The van der Waals surface area contributed by atoms with Crippen molar-refractivity contribution in [3.8, 4) is 5.75 Å². The Kier molecular flexibility index (Phi) is 5.14. The molecule has 3 rings (SSSR count). The Morgan fingerprint density at radius 1 is 0.958 bits per heavy atom. The molecule has 1 N–H and O–H groups in total. The Morgan fingerprint density at radius 2 is 1.75 bits per heavy atom. The van der Waals surface area contributed by atoms with Crippen molar-refractivity contribution in [2.75, 3.05) is 0 Å². The Hall–Kier alpha value is -3.21. The molecule has 0 aliphatic carbocycles. The molecule has 0 fully saturated rings.